The van der Waals surface area contributed by atoms with Crippen molar-refractivity contribution in [3.05, 3.63) is 409 Å². The Balaban J connectivity index is -0.00000141. The van der Waals surface area contributed by atoms with Crippen molar-refractivity contribution < 1.29 is 71.7 Å². The van der Waals surface area contributed by atoms with Crippen LogP contribution in [0.4, 0.5) is 5.69 Å². The number of unbranched alkanes of at least 4 members (excludes halogenated alkanes) is 5. The maximum absolute atomic E-state index is 10.8. The Kier molecular flexibility index (Phi) is 82.2. The fourth-order valence-electron chi connectivity index (χ4n) is 10.2. The molecule has 19 heteroatoms. The Hall–Kier alpha value is -15.1. The maximum Gasteiger partial charge on any atom is 0.269 e. The number of hydrogen-bond acceptors (Lipinski definition) is 16. The van der Waals surface area contributed by atoms with Gasteiger partial charge in [0.05, 0.1) is 11.2 Å². The van der Waals surface area contributed by atoms with Crippen LogP contribution in [0.1, 0.15) is 196 Å². The monoisotopic (exact) mass is 1840 g/mol. The third-order valence-corrected chi connectivity index (χ3v) is 18.0. The number of carbonyl (C=O) groups is 13. The van der Waals surface area contributed by atoms with E-state index in [0.29, 0.717) is 28.9 Å². The third kappa shape index (κ3) is 73.3. The molecule has 10 rings (SSSR count). The van der Waals surface area contributed by atoms with Crippen LogP contribution in [-0.2, 0) is 69.4 Å². The van der Waals surface area contributed by atoms with Gasteiger partial charge >= 0.3 is 0 Å². The van der Waals surface area contributed by atoms with Crippen LogP contribution in [0.5, 0.6) is 0 Å². The van der Waals surface area contributed by atoms with E-state index in [1.807, 2.05) is 198 Å². The number of nitro groups is 1. The molecule has 0 aliphatic heterocycles. The van der Waals surface area contributed by atoms with Crippen molar-refractivity contribution in [3.8, 4) is 0 Å². The van der Waals surface area contributed by atoms with Crippen molar-refractivity contribution in [3.63, 3.8) is 0 Å². The van der Waals surface area contributed by atoms with E-state index in [4.69, 9.17) is 16.0 Å². The van der Waals surface area contributed by atoms with E-state index in [9.17, 15) is 72.4 Å². The van der Waals surface area contributed by atoms with E-state index in [1.54, 1.807) is 112 Å². The Morgan fingerprint density at radius 1 is 0.489 bits per heavy atom. The second kappa shape index (κ2) is 89.5. The summed E-state index contributed by atoms with van der Waals surface area (Å²) in [5.41, 5.74) is 14.9. The lowest BCUT2D eigenvalue weighted by atomic mass is 9.99. The number of non-ortho nitro benzene ring substituents is 1. The van der Waals surface area contributed by atoms with Gasteiger partial charge in [0, 0.05) is 40.8 Å². The number of nitro benzene ring substituents is 1. The van der Waals surface area contributed by atoms with Gasteiger partial charge in [0.1, 0.15) is 87.5 Å². The largest absolute Gasteiger partial charge is 0.465 e. The average molecular weight is 1850 g/mol. The molecule has 9 aromatic rings. The minimum Gasteiger partial charge on any atom is -0.465 e. The van der Waals surface area contributed by atoms with Gasteiger partial charge in [0.25, 0.3) is 5.69 Å². The molecule has 0 saturated heterocycles. The summed E-state index contributed by atoms with van der Waals surface area (Å²) in [5, 5.41) is 12.2. The molecule has 0 saturated carbocycles. The number of aldehydes is 13. The molecule has 0 spiro atoms. The van der Waals surface area contributed by atoms with Crippen LogP contribution in [0.25, 0.3) is 59.5 Å². The molecule has 0 N–H and O–H groups in total. The molecule has 0 amide bonds. The first-order valence-corrected chi connectivity index (χ1v) is 44.4. The number of benzene rings is 7. The van der Waals surface area contributed by atoms with E-state index in [-0.39, 0.29) is 11.6 Å². The Morgan fingerprint density at radius 3 is 1.36 bits per heavy atom. The molecular formula is C116H133ClN2O16. The molecule has 135 heavy (non-hydrogen) atoms. The molecule has 2 heterocycles. The highest BCUT2D eigenvalue weighted by atomic mass is 35.5. The molecule has 710 valence electrons. The van der Waals surface area contributed by atoms with Crippen molar-refractivity contribution in [1.29, 1.82) is 0 Å². The zero-order chi connectivity index (χ0) is 101. The van der Waals surface area contributed by atoms with Gasteiger partial charge in [0.2, 0.25) is 0 Å². The average Bonchev–Trinajstić information content (AvgIpc) is 1.67. The van der Waals surface area contributed by atoms with Crippen LogP contribution < -0.4 is 0 Å². The van der Waals surface area contributed by atoms with Crippen molar-refractivity contribution >= 4 is 159 Å². The van der Waals surface area contributed by atoms with Crippen LogP contribution >= 0.6 is 11.6 Å². The molecule has 1 aliphatic rings. The number of allylic oxidation sites excluding steroid dienone is 21. The van der Waals surface area contributed by atoms with Gasteiger partial charge in [-0.05, 0) is 295 Å². The zero-order valence-electron chi connectivity index (χ0n) is 79.8. The summed E-state index contributed by atoms with van der Waals surface area (Å²) in [4.78, 5) is 140. The number of fused-ring (bicyclic) bond motifs is 1. The summed E-state index contributed by atoms with van der Waals surface area (Å²) in [5.74, 6) is 0.976. The van der Waals surface area contributed by atoms with Crippen LogP contribution in [-0.4, -0.2) is 91.2 Å². The van der Waals surface area contributed by atoms with Gasteiger partial charge in [-0.2, -0.15) is 0 Å². The number of aromatic nitrogens is 1. The smallest absolute Gasteiger partial charge is 0.269 e. The minimum atomic E-state index is -0.465. The number of nitrogens with zero attached hydrogens (tertiary/aromatic N) is 2. The quantitative estimate of drug-likeness (QED) is 0.00689. The van der Waals surface area contributed by atoms with Crippen molar-refractivity contribution in [2.75, 3.05) is 0 Å². The Labute approximate surface area is 804 Å². The fourth-order valence-corrected chi connectivity index (χ4v) is 10.3. The minimum absolute atomic E-state index is 0.0447. The first-order valence-electron chi connectivity index (χ1n) is 44.1. The molecule has 18 nitrogen and oxygen atoms in total. The van der Waals surface area contributed by atoms with Crippen LogP contribution in [0.3, 0.4) is 0 Å². The maximum atomic E-state index is 10.8. The van der Waals surface area contributed by atoms with E-state index in [1.165, 1.54) is 128 Å². The highest BCUT2D eigenvalue weighted by molar-refractivity contribution is 6.30. The standard InChI is InChI=1S/C14H18O.C12H11NO.2C10H10O.2C10H16O.C9H7ClO.C9H7NO3.C9H8O.C7H6O2.C7H10O.C5H8O.C4H6O/c1-2-3-5-10-14(12-15)11-13-8-6-4-7-9-13;1-13-11(6-4-8-14)9-10-5-2-3-7-12(10)13;1-9-4-6-10(7-5-9)3-2-8-11;1-9(8-11)7-10-5-3-2-4-6-10;1-8(2)5-6-9(3)10(4)7-11;1-2-3-4-5-6-7-8-9-10-11;10-9-5-3-8(4-6-9)2-1-7-11;11-7-1-2-8-3-5-9(6-4-8)10(12)13;10-8-4-7-9-5-2-1-3-6-9;8-5-1-3-7-4-2-6-9-7;8-6-7-4-2-1-3-5-7;1-3-5(2)4-6;1-2-3-4-5/h4,6-9,11-12H,2-3,5,10H2,1H3;2-9H,1H3;2*2-8H,1H3;5,7,9H,4,6H2,1-3H3;6-10H,2-5H2,1H3;1-7H;1-7H;1-8H;1-6H;4,6H,1-3,5H2;3-4H,1-2H3;2-4H,1H3/b14-11+;6-4+;3-2+;9-7+;;7-6+,9-8+;2*2-1+;7-4+;3-1+;;5-3+;3-2+. The summed E-state index contributed by atoms with van der Waals surface area (Å²) in [6.45, 7) is 23.4. The summed E-state index contributed by atoms with van der Waals surface area (Å²) in [6.07, 6.45) is 65.9. The molecule has 7 aromatic carbocycles. The number of rotatable bonds is 34. The fraction of sp³-hybridized carbons (Fsp3) is 0.216. The first kappa shape index (κ1) is 124. The lowest BCUT2D eigenvalue weighted by molar-refractivity contribution is -0.384. The molecule has 1 atom stereocenters. The predicted octanol–water partition coefficient (Wildman–Crippen LogP) is 27.7. The van der Waals surface area contributed by atoms with E-state index >= 15 is 0 Å². The third-order valence-electron chi connectivity index (χ3n) is 17.8. The van der Waals surface area contributed by atoms with Crippen molar-refractivity contribution in [1.82, 2.24) is 4.57 Å². The van der Waals surface area contributed by atoms with Crippen LogP contribution in [0, 0.1) is 23.0 Å². The lowest BCUT2D eigenvalue weighted by Gasteiger charge is -2.05. The van der Waals surface area contributed by atoms with E-state index in [2.05, 4.69) is 69.2 Å². The molecule has 1 aliphatic carbocycles. The van der Waals surface area contributed by atoms with Gasteiger partial charge < -0.3 is 8.98 Å². The van der Waals surface area contributed by atoms with Crippen molar-refractivity contribution in [2.45, 2.75) is 153 Å². The first-order chi connectivity index (χ1) is 65.4. The van der Waals surface area contributed by atoms with E-state index in [0.717, 1.165) is 169 Å². The zero-order valence-corrected chi connectivity index (χ0v) is 80.5. The normalized spacial score (nSPS) is 11.3. The van der Waals surface area contributed by atoms with E-state index < -0.39 is 4.92 Å². The molecule has 1 unspecified atom stereocenters. The van der Waals surface area contributed by atoms with Gasteiger partial charge in [-0.25, -0.2) is 0 Å². The Morgan fingerprint density at radius 2 is 0.956 bits per heavy atom. The number of halogens is 1. The second-order valence-electron chi connectivity index (χ2n) is 29.0. The summed E-state index contributed by atoms with van der Waals surface area (Å²) < 4.78 is 6.95. The van der Waals surface area contributed by atoms with Gasteiger partial charge in [-0.3, -0.25) is 72.4 Å². The SMILES string of the molecule is C/C(C=O)=C\c1ccccc1.C/C=C(\C)C=O.C/C=C/C=O.C=C(C=O)C(C)CC=C(C)C.CCCCC/C(C=O)=C\c1ccccc1.CCCCC/C=C/C=C/C=O.Cc1ccc(/C=C/C=O)cc1.Cn1c(/C=C/C=O)cc2ccccc21.O=C/C=C/c1ccc(Cl)cc1.O=C/C=C/c1ccc([N+](=O)[O-])cc1.O=C/C=C/c1ccccc1.O=C/C=C/c1ccco1.O=CC1=CCCCC1. The number of furan rings is 1. The second-order valence-corrected chi connectivity index (χ2v) is 29.5. The van der Waals surface area contributed by atoms with Crippen molar-refractivity contribution in [2.24, 2.45) is 13.0 Å². The number of aryl methyl sites for hydroxylation is 2. The molecule has 0 bridgehead atoms. The number of carbonyl (C=O) groups excluding carboxylic acids is 13. The van der Waals surface area contributed by atoms with Gasteiger partial charge in [-0.1, -0.05) is 288 Å². The molecule has 0 radical (unpaired) electrons. The number of hydrogen-bond donors (Lipinski definition) is 0. The molecule has 0 fully saturated rings. The predicted molar refractivity (Wildman–Crippen MR) is 561 cm³/mol. The highest BCUT2D eigenvalue weighted by Gasteiger charge is 2.05. The van der Waals surface area contributed by atoms with Crippen LogP contribution in [0.15, 0.2) is 348 Å². The molecule has 2 aromatic heterocycles. The summed E-state index contributed by atoms with van der Waals surface area (Å²) >= 11 is 5.65. The topological polar surface area (TPSA) is 283 Å². The highest BCUT2D eigenvalue weighted by Crippen LogP contribution is 2.21. The number of para-hydroxylation sites is 1. The summed E-state index contributed by atoms with van der Waals surface area (Å²) in [7, 11) is 1.99. The van der Waals surface area contributed by atoms with Crippen LogP contribution in [0.2, 0.25) is 5.02 Å². The summed E-state index contributed by atoms with van der Waals surface area (Å²) in [6, 6.07) is 64.4. The Bertz CT molecular complexity index is 5180. The molecular weight excluding hydrogens is 1710 g/mol. The van der Waals surface area contributed by atoms with Gasteiger partial charge in [-0.15, -0.1) is 0 Å². The van der Waals surface area contributed by atoms with Gasteiger partial charge in [0.15, 0.2) is 0 Å². The lowest BCUT2D eigenvalue weighted by Crippen LogP contribution is -1.97.